The van der Waals surface area contributed by atoms with E-state index in [1.54, 1.807) is 6.08 Å². The fourth-order valence-corrected chi connectivity index (χ4v) is 4.75. The second kappa shape index (κ2) is 8.65. The number of amides is 1. The lowest BCUT2D eigenvalue weighted by atomic mass is 10.2. The molecule has 3 aromatic rings. The molecule has 30 heavy (non-hydrogen) atoms. The second-order valence-corrected chi connectivity index (χ2v) is 9.05. The molecule has 1 atom stereocenters. The number of benzene rings is 1. The van der Waals surface area contributed by atoms with Crippen molar-refractivity contribution in [3.63, 3.8) is 0 Å². The van der Waals surface area contributed by atoms with Crippen LogP contribution >= 0.6 is 23.1 Å². The number of nitrogens with zero attached hydrogens (tertiary/aromatic N) is 2. The van der Waals surface area contributed by atoms with E-state index in [1.807, 2.05) is 13.8 Å². The van der Waals surface area contributed by atoms with E-state index in [4.69, 9.17) is 0 Å². The van der Waals surface area contributed by atoms with E-state index in [2.05, 4.69) is 16.9 Å². The smallest absolute Gasteiger partial charge is 0.263 e. The molecule has 1 amide bonds. The first kappa shape index (κ1) is 22.1. The molecule has 1 unspecified atom stereocenters. The lowest BCUT2D eigenvalue weighted by Gasteiger charge is -2.15. The third-order valence-corrected chi connectivity index (χ3v) is 6.70. The summed E-state index contributed by atoms with van der Waals surface area (Å²) in [5.74, 6) is -5.14. The summed E-state index contributed by atoms with van der Waals surface area (Å²) in [7, 11) is 0. The van der Waals surface area contributed by atoms with Crippen LogP contribution in [0, 0.1) is 31.3 Å². The van der Waals surface area contributed by atoms with Gasteiger partial charge in [0.25, 0.3) is 5.56 Å². The van der Waals surface area contributed by atoms with Crippen LogP contribution in [0.25, 0.3) is 10.2 Å². The average Bonchev–Trinajstić information content (AvgIpc) is 2.98. The number of aryl methyl sites for hydroxylation is 2. The Hall–Kier alpha value is -2.59. The van der Waals surface area contributed by atoms with Crippen LogP contribution in [-0.2, 0) is 11.3 Å². The number of nitrogens with one attached hydrogen (secondary N) is 1. The molecular formula is C20H18F3N3O2S2. The number of rotatable bonds is 6. The average molecular weight is 454 g/mol. The zero-order valence-electron chi connectivity index (χ0n) is 16.4. The largest absolute Gasteiger partial charge is 0.323 e. The van der Waals surface area contributed by atoms with Gasteiger partial charge in [-0.2, -0.15) is 0 Å². The fourth-order valence-electron chi connectivity index (χ4n) is 2.76. The molecule has 10 heteroatoms. The zero-order valence-corrected chi connectivity index (χ0v) is 18.0. The SMILES string of the molecule is C=CCn1c(SC(C)C(=O)Nc2ccc(F)c(F)c2F)nc2sc(C)c(C)c2c1=O. The maximum atomic E-state index is 13.8. The number of carbonyl (C=O) groups is 1. The number of aromatic nitrogens is 2. The van der Waals surface area contributed by atoms with Crippen molar-refractivity contribution in [2.24, 2.45) is 0 Å². The zero-order chi connectivity index (χ0) is 22.2. The summed E-state index contributed by atoms with van der Waals surface area (Å²) in [6, 6.07) is 1.67. The first-order valence-electron chi connectivity index (χ1n) is 8.88. The molecule has 1 aromatic carbocycles. The Morgan fingerprint density at radius 2 is 2.03 bits per heavy atom. The molecule has 0 saturated heterocycles. The van der Waals surface area contributed by atoms with Crippen molar-refractivity contribution in [1.29, 1.82) is 0 Å². The normalized spacial score (nSPS) is 12.2. The van der Waals surface area contributed by atoms with E-state index >= 15 is 0 Å². The van der Waals surface area contributed by atoms with Crippen molar-refractivity contribution in [3.05, 3.63) is 63.0 Å². The van der Waals surface area contributed by atoms with E-state index < -0.39 is 34.3 Å². The first-order chi connectivity index (χ1) is 14.1. The summed E-state index contributed by atoms with van der Waals surface area (Å²) in [4.78, 5) is 31.5. The predicted octanol–water partition coefficient (Wildman–Crippen LogP) is 4.80. The molecule has 5 nitrogen and oxygen atoms in total. The van der Waals surface area contributed by atoms with E-state index in [0.717, 1.165) is 34.3 Å². The van der Waals surface area contributed by atoms with Gasteiger partial charge in [-0.25, -0.2) is 18.2 Å². The quantitative estimate of drug-likeness (QED) is 0.252. The van der Waals surface area contributed by atoms with Crippen LogP contribution in [0.15, 0.2) is 34.7 Å². The van der Waals surface area contributed by atoms with Crippen LogP contribution in [0.3, 0.4) is 0 Å². The fraction of sp³-hybridized carbons (Fsp3) is 0.250. The molecule has 0 bridgehead atoms. The van der Waals surface area contributed by atoms with Crippen molar-refractivity contribution in [3.8, 4) is 0 Å². The molecule has 2 aromatic heterocycles. The highest BCUT2D eigenvalue weighted by Gasteiger charge is 2.23. The number of allylic oxidation sites excluding steroid dienone is 1. The lowest BCUT2D eigenvalue weighted by molar-refractivity contribution is -0.115. The van der Waals surface area contributed by atoms with Crippen molar-refractivity contribution in [2.75, 3.05) is 5.32 Å². The molecular weight excluding hydrogens is 435 g/mol. The topological polar surface area (TPSA) is 64.0 Å². The number of thiophene rings is 1. The summed E-state index contributed by atoms with van der Waals surface area (Å²) in [6.45, 7) is 9.15. The maximum absolute atomic E-state index is 13.8. The first-order valence-corrected chi connectivity index (χ1v) is 10.6. The number of carbonyl (C=O) groups excluding carboxylic acids is 1. The summed E-state index contributed by atoms with van der Waals surface area (Å²) in [5.41, 5.74) is 0.160. The highest BCUT2D eigenvalue weighted by Crippen LogP contribution is 2.30. The Balaban J connectivity index is 1.92. The Morgan fingerprint density at radius 1 is 1.33 bits per heavy atom. The highest BCUT2D eigenvalue weighted by atomic mass is 32.2. The van der Waals surface area contributed by atoms with Crippen LogP contribution < -0.4 is 10.9 Å². The third-order valence-electron chi connectivity index (χ3n) is 4.51. The van der Waals surface area contributed by atoms with E-state index in [1.165, 1.54) is 22.8 Å². The van der Waals surface area contributed by atoms with Crippen molar-refractivity contribution < 1.29 is 18.0 Å². The van der Waals surface area contributed by atoms with Gasteiger partial charge in [0.05, 0.1) is 16.3 Å². The van der Waals surface area contributed by atoms with Gasteiger partial charge in [-0.1, -0.05) is 17.8 Å². The standard InChI is InChI=1S/C20H18F3N3O2S2/c1-5-8-26-19(28)14-9(2)10(3)29-18(14)25-20(26)30-11(4)17(27)24-13-7-6-12(21)15(22)16(13)23/h5-7,11H,1,8H2,2-4H3,(H,24,27). The molecule has 158 valence electrons. The Bertz CT molecular complexity index is 1220. The molecule has 0 aliphatic rings. The number of fused-ring (bicyclic) bond motifs is 1. The van der Waals surface area contributed by atoms with Gasteiger partial charge < -0.3 is 5.32 Å². The second-order valence-electron chi connectivity index (χ2n) is 6.53. The van der Waals surface area contributed by atoms with Crippen LogP contribution in [0.2, 0.25) is 0 Å². The molecule has 0 aliphatic heterocycles. The van der Waals surface area contributed by atoms with Gasteiger partial charge in [0.15, 0.2) is 22.6 Å². The van der Waals surface area contributed by atoms with Gasteiger partial charge in [-0.3, -0.25) is 14.2 Å². The highest BCUT2D eigenvalue weighted by molar-refractivity contribution is 8.00. The molecule has 2 heterocycles. The summed E-state index contributed by atoms with van der Waals surface area (Å²) < 4.78 is 41.7. The number of hydrogen-bond donors (Lipinski definition) is 1. The van der Waals surface area contributed by atoms with E-state index in [0.29, 0.717) is 15.4 Å². The third kappa shape index (κ3) is 4.01. The van der Waals surface area contributed by atoms with Crippen LogP contribution in [0.1, 0.15) is 17.4 Å². The monoisotopic (exact) mass is 453 g/mol. The van der Waals surface area contributed by atoms with E-state index in [-0.39, 0.29) is 12.1 Å². The molecule has 1 N–H and O–H groups in total. The van der Waals surface area contributed by atoms with Gasteiger partial charge in [0.2, 0.25) is 5.91 Å². The van der Waals surface area contributed by atoms with Gasteiger partial charge >= 0.3 is 0 Å². The molecule has 0 saturated carbocycles. The van der Waals surface area contributed by atoms with E-state index in [9.17, 15) is 22.8 Å². The van der Waals surface area contributed by atoms with Crippen molar-refractivity contribution >= 4 is 44.9 Å². The summed E-state index contributed by atoms with van der Waals surface area (Å²) in [5, 5.41) is 2.27. The van der Waals surface area contributed by atoms with Crippen molar-refractivity contribution in [1.82, 2.24) is 9.55 Å². The molecule has 0 fully saturated rings. The molecule has 0 spiro atoms. The van der Waals surface area contributed by atoms with Crippen LogP contribution in [0.4, 0.5) is 18.9 Å². The Kier molecular flexibility index (Phi) is 6.37. The molecule has 3 rings (SSSR count). The molecule has 0 radical (unpaired) electrons. The van der Waals surface area contributed by atoms with Crippen LogP contribution in [0.5, 0.6) is 0 Å². The number of halogens is 3. The minimum atomic E-state index is -1.66. The van der Waals surface area contributed by atoms with Gasteiger partial charge in [0.1, 0.15) is 4.83 Å². The lowest BCUT2D eigenvalue weighted by Crippen LogP contribution is -2.27. The van der Waals surface area contributed by atoms with Crippen LogP contribution in [-0.4, -0.2) is 20.7 Å². The van der Waals surface area contributed by atoms with Gasteiger partial charge in [-0.05, 0) is 38.5 Å². The molecule has 0 aliphatic carbocycles. The summed E-state index contributed by atoms with van der Waals surface area (Å²) >= 11 is 2.39. The number of thioether (sulfide) groups is 1. The summed E-state index contributed by atoms with van der Waals surface area (Å²) in [6.07, 6.45) is 1.55. The van der Waals surface area contributed by atoms with Gasteiger partial charge in [-0.15, -0.1) is 17.9 Å². The maximum Gasteiger partial charge on any atom is 0.263 e. The van der Waals surface area contributed by atoms with Crippen molar-refractivity contribution in [2.45, 2.75) is 37.7 Å². The number of hydrogen-bond acceptors (Lipinski definition) is 5. The predicted molar refractivity (Wildman–Crippen MR) is 114 cm³/mol. The Labute approximate surface area is 178 Å². The van der Waals surface area contributed by atoms with Gasteiger partial charge in [0, 0.05) is 11.4 Å². The Morgan fingerprint density at radius 3 is 2.70 bits per heavy atom. The minimum absolute atomic E-state index is 0.199. The minimum Gasteiger partial charge on any atom is -0.323 e. The number of anilines is 1.